The number of aryl methyl sites for hydroxylation is 1. The molecule has 2 aromatic rings. The molecule has 2 aromatic heterocycles. The molecule has 1 aliphatic rings. The molecule has 0 saturated heterocycles. The van der Waals surface area contributed by atoms with Gasteiger partial charge < -0.3 is 10.3 Å². The van der Waals surface area contributed by atoms with Crippen LogP contribution in [0.15, 0.2) is 12.5 Å². The third-order valence-corrected chi connectivity index (χ3v) is 4.29. The zero-order chi connectivity index (χ0) is 14.8. The van der Waals surface area contributed by atoms with Crippen LogP contribution in [0.25, 0.3) is 11.0 Å². The number of aromatic nitrogens is 3. The Kier molecular flexibility index (Phi) is 3.90. The Balaban J connectivity index is 1.70. The van der Waals surface area contributed by atoms with Crippen LogP contribution in [0, 0.1) is 12.8 Å². The van der Waals surface area contributed by atoms with Crippen molar-refractivity contribution in [3.05, 3.63) is 18.1 Å². The predicted octanol–water partition coefficient (Wildman–Crippen LogP) is 2.58. The van der Waals surface area contributed by atoms with E-state index in [-0.39, 0.29) is 0 Å². The van der Waals surface area contributed by atoms with Crippen molar-refractivity contribution in [1.29, 1.82) is 0 Å². The number of anilines is 1. The summed E-state index contributed by atoms with van der Waals surface area (Å²) in [5, 5.41) is 4.75. The molecule has 0 aliphatic heterocycles. The summed E-state index contributed by atoms with van der Waals surface area (Å²) in [4.78, 5) is 11.9. The highest BCUT2D eigenvalue weighted by Gasteiger charge is 2.23. The van der Waals surface area contributed by atoms with Gasteiger partial charge >= 0.3 is 0 Å². The lowest BCUT2D eigenvalue weighted by molar-refractivity contribution is -0.462. The molecule has 1 aliphatic carbocycles. The number of rotatable bonds is 3. The van der Waals surface area contributed by atoms with Crippen molar-refractivity contribution < 1.29 is 4.58 Å². The number of nitrogens with one attached hydrogen (secondary N) is 2. The molecular weight excluding hydrogens is 262 g/mol. The molecule has 2 heterocycles. The van der Waals surface area contributed by atoms with E-state index in [1.54, 1.807) is 6.33 Å². The van der Waals surface area contributed by atoms with Crippen molar-refractivity contribution in [2.45, 2.75) is 38.6 Å². The van der Waals surface area contributed by atoms with Gasteiger partial charge in [0.25, 0.3) is 0 Å². The van der Waals surface area contributed by atoms with Gasteiger partial charge in [-0.15, -0.1) is 0 Å². The van der Waals surface area contributed by atoms with E-state index < -0.39 is 0 Å². The zero-order valence-corrected chi connectivity index (χ0v) is 13.1. The molecule has 0 bridgehead atoms. The summed E-state index contributed by atoms with van der Waals surface area (Å²) in [5.41, 5.74) is 2.11. The fourth-order valence-corrected chi connectivity index (χ4v) is 3.25. The summed E-state index contributed by atoms with van der Waals surface area (Å²) in [6.07, 6.45) is 10.9. The largest absolute Gasteiger partial charge is 0.367 e. The molecule has 5 heteroatoms. The molecule has 5 nitrogen and oxygen atoms in total. The van der Waals surface area contributed by atoms with Crippen LogP contribution in [0.1, 0.15) is 31.2 Å². The third-order valence-electron chi connectivity index (χ3n) is 4.29. The molecule has 0 spiro atoms. The smallest absolute Gasteiger partial charge is 0.143 e. The van der Waals surface area contributed by atoms with Crippen molar-refractivity contribution in [2.24, 2.45) is 5.92 Å². The van der Waals surface area contributed by atoms with Crippen LogP contribution in [0.5, 0.6) is 0 Å². The van der Waals surface area contributed by atoms with Crippen molar-refractivity contribution in [1.82, 2.24) is 15.0 Å². The first kappa shape index (κ1) is 14.0. The van der Waals surface area contributed by atoms with Gasteiger partial charge in [-0.3, -0.25) is 0 Å². The Morgan fingerprint density at radius 3 is 2.71 bits per heavy atom. The lowest BCUT2D eigenvalue weighted by Crippen LogP contribution is -2.28. The van der Waals surface area contributed by atoms with Crippen LogP contribution in [-0.2, 0) is 0 Å². The summed E-state index contributed by atoms with van der Waals surface area (Å²) in [7, 11) is 4.22. The van der Waals surface area contributed by atoms with E-state index in [2.05, 4.69) is 52.1 Å². The van der Waals surface area contributed by atoms with Gasteiger partial charge in [0.15, 0.2) is 0 Å². The average molecular weight is 286 g/mol. The van der Waals surface area contributed by atoms with Crippen LogP contribution >= 0.6 is 0 Å². The predicted molar refractivity (Wildman–Crippen MR) is 86.2 cm³/mol. The molecule has 0 aromatic carbocycles. The highest BCUT2D eigenvalue weighted by Crippen LogP contribution is 2.28. The molecule has 0 unspecified atom stereocenters. The Morgan fingerprint density at radius 1 is 1.24 bits per heavy atom. The van der Waals surface area contributed by atoms with Crippen molar-refractivity contribution in [2.75, 3.05) is 19.4 Å². The molecular formula is C16H24N5+. The minimum Gasteiger partial charge on any atom is -0.367 e. The second-order valence-electron chi connectivity index (χ2n) is 6.29. The number of hydrogen-bond acceptors (Lipinski definition) is 3. The number of aromatic amines is 1. The first-order valence-electron chi connectivity index (χ1n) is 7.70. The number of H-pyrrole nitrogens is 1. The highest BCUT2D eigenvalue weighted by atomic mass is 15.1. The lowest BCUT2D eigenvalue weighted by Gasteiger charge is -2.26. The summed E-state index contributed by atoms with van der Waals surface area (Å²) in [5.74, 6) is 1.69. The normalized spacial score (nSPS) is 22.2. The van der Waals surface area contributed by atoms with Gasteiger partial charge in [-0.25, -0.2) is 14.5 Å². The maximum absolute atomic E-state index is 4.44. The standard InChI is InChI=1S/C16H24N5/c1-11-8-17-15-14(11)16(19-10-18-15)20-13-6-4-12(5-7-13)9-21(2)3/h8-10,12-13H,4-7H2,1-3H3,(H2,17,18,19,20)/q+1. The second kappa shape index (κ2) is 5.84. The molecule has 0 atom stereocenters. The van der Waals surface area contributed by atoms with E-state index in [9.17, 15) is 0 Å². The molecule has 1 fully saturated rings. The van der Waals surface area contributed by atoms with E-state index in [1.165, 1.54) is 31.2 Å². The first-order chi connectivity index (χ1) is 10.1. The first-order valence-corrected chi connectivity index (χ1v) is 7.70. The molecule has 0 radical (unpaired) electrons. The quantitative estimate of drug-likeness (QED) is 0.673. The van der Waals surface area contributed by atoms with Gasteiger partial charge in [-0.2, -0.15) is 0 Å². The Morgan fingerprint density at radius 2 is 2.00 bits per heavy atom. The van der Waals surface area contributed by atoms with Crippen LogP contribution in [0.2, 0.25) is 0 Å². The van der Waals surface area contributed by atoms with Crippen molar-refractivity contribution in [3.8, 4) is 0 Å². The van der Waals surface area contributed by atoms with Gasteiger partial charge in [0, 0.05) is 18.2 Å². The number of hydrogen-bond donors (Lipinski definition) is 2. The van der Waals surface area contributed by atoms with Gasteiger partial charge in [-0.05, 0) is 38.2 Å². The van der Waals surface area contributed by atoms with Crippen LogP contribution in [0.3, 0.4) is 0 Å². The molecule has 3 rings (SSSR count). The minimum absolute atomic E-state index is 0.518. The van der Waals surface area contributed by atoms with E-state index in [0.29, 0.717) is 6.04 Å². The topological polar surface area (TPSA) is 56.6 Å². The average Bonchev–Trinajstić information content (AvgIpc) is 2.83. The maximum Gasteiger partial charge on any atom is 0.143 e. The monoisotopic (exact) mass is 286 g/mol. The molecule has 1 saturated carbocycles. The Hall–Kier alpha value is -1.91. The summed E-state index contributed by atoms with van der Waals surface area (Å²) in [6, 6.07) is 0.518. The molecule has 0 amide bonds. The maximum atomic E-state index is 4.44. The Labute approximate surface area is 125 Å². The Bertz CT molecular complexity index is 646. The molecule has 21 heavy (non-hydrogen) atoms. The van der Waals surface area contributed by atoms with Gasteiger partial charge in [0.05, 0.1) is 5.39 Å². The fraction of sp³-hybridized carbons (Fsp3) is 0.562. The van der Waals surface area contributed by atoms with Gasteiger partial charge in [0.2, 0.25) is 0 Å². The summed E-state index contributed by atoms with van der Waals surface area (Å²) in [6.45, 7) is 2.09. The fourth-order valence-electron chi connectivity index (χ4n) is 3.25. The van der Waals surface area contributed by atoms with E-state index in [1.807, 2.05) is 6.20 Å². The second-order valence-corrected chi connectivity index (χ2v) is 6.29. The summed E-state index contributed by atoms with van der Waals surface area (Å²) >= 11 is 0. The van der Waals surface area contributed by atoms with Crippen LogP contribution < -0.4 is 5.32 Å². The van der Waals surface area contributed by atoms with E-state index >= 15 is 0 Å². The molecule has 112 valence electrons. The minimum atomic E-state index is 0.518. The third kappa shape index (κ3) is 3.06. The number of nitrogens with zero attached hydrogens (tertiary/aromatic N) is 3. The summed E-state index contributed by atoms with van der Waals surface area (Å²) < 4.78 is 2.18. The highest BCUT2D eigenvalue weighted by molar-refractivity contribution is 5.90. The van der Waals surface area contributed by atoms with Crippen LogP contribution in [0.4, 0.5) is 5.82 Å². The lowest BCUT2D eigenvalue weighted by atomic mass is 9.86. The number of fused-ring (bicyclic) bond motifs is 1. The van der Waals surface area contributed by atoms with Crippen molar-refractivity contribution in [3.63, 3.8) is 0 Å². The molecule has 2 N–H and O–H groups in total. The van der Waals surface area contributed by atoms with Gasteiger partial charge in [0.1, 0.15) is 38.1 Å². The van der Waals surface area contributed by atoms with E-state index in [0.717, 1.165) is 22.8 Å². The zero-order valence-electron chi connectivity index (χ0n) is 13.1. The van der Waals surface area contributed by atoms with Crippen LogP contribution in [-0.4, -0.2) is 45.9 Å². The van der Waals surface area contributed by atoms with Gasteiger partial charge in [-0.1, -0.05) is 0 Å². The van der Waals surface area contributed by atoms with E-state index in [4.69, 9.17) is 0 Å². The van der Waals surface area contributed by atoms with Crippen molar-refractivity contribution >= 4 is 23.1 Å². The SMILES string of the molecule is Cc1c[nH]c2ncnc(NC3CCC(C=[N+](C)C)CC3)c12.